The number of ether oxygens (including phenoxy) is 1. The number of amides is 1. The minimum absolute atomic E-state index is 0.0598. The highest BCUT2D eigenvalue weighted by atomic mass is 19.4. The van der Waals surface area contributed by atoms with Crippen LogP contribution in [0, 0.1) is 5.92 Å². The van der Waals surface area contributed by atoms with Crippen molar-refractivity contribution in [3.05, 3.63) is 47.5 Å². The molecular weight excluding hydrogens is 485 g/mol. The van der Waals surface area contributed by atoms with Gasteiger partial charge in [0.25, 0.3) is 6.01 Å². The normalized spacial score (nSPS) is 17.5. The molecule has 0 spiro atoms. The Kier molecular flexibility index (Phi) is 7.28. The summed E-state index contributed by atoms with van der Waals surface area (Å²) in [6.07, 6.45) is 0.259. The Morgan fingerprint density at radius 3 is 2.59 bits per heavy atom. The molecule has 2 heterocycles. The quantitative estimate of drug-likeness (QED) is 0.379. The van der Waals surface area contributed by atoms with Crippen molar-refractivity contribution in [3.8, 4) is 5.75 Å². The summed E-state index contributed by atoms with van der Waals surface area (Å²) in [5.41, 5.74) is 2.09. The van der Waals surface area contributed by atoms with E-state index in [0.717, 1.165) is 56.8 Å². The van der Waals surface area contributed by atoms with E-state index < -0.39 is 11.7 Å². The van der Waals surface area contributed by atoms with Gasteiger partial charge in [-0.25, -0.2) is 0 Å². The van der Waals surface area contributed by atoms with Crippen molar-refractivity contribution in [3.63, 3.8) is 0 Å². The van der Waals surface area contributed by atoms with Gasteiger partial charge in [0.05, 0.1) is 12.2 Å². The number of nitrogens with zero attached hydrogens (tertiary/aromatic N) is 2. The fourth-order valence-electron chi connectivity index (χ4n) is 4.82. The number of nitrogens with one attached hydrogen (secondary N) is 2. The van der Waals surface area contributed by atoms with Gasteiger partial charge in [0.1, 0.15) is 11.3 Å². The fraction of sp³-hybridized carbons (Fsp3) is 0.481. The fourth-order valence-corrected chi connectivity index (χ4v) is 4.82. The number of fused-ring (bicyclic) bond motifs is 1. The van der Waals surface area contributed by atoms with Gasteiger partial charge >= 0.3 is 6.18 Å². The highest BCUT2D eigenvalue weighted by molar-refractivity contribution is 5.94. The Bertz CT molecular complexity index is 1250. The third-order valence-electron chi connectivity index (χ3n) is 7.10. The van der Waals surface area contributed by atoms with Crippen molar-refractivity contribution in [2.24, 2.45) is 5.92 Å². The van der Waals surface area contributed by atoms with E-state index in [0.29, 0.717) is 29.3 Å². The first-order chi connectivity index (χ1) is 17.8. The van der Waals surface area contributed by atoms with Gasteiger partial charge < -0.3 is 19.8 Å². The van der Waals surface area contributed by atoms with Crippen molar-refractivity contribution < 1.29 is 27.1 Å². The van der Waals surface area contributed by atoms with Gasteiger partial charge in [-0.05, 0) is 68.5 Å². The predicted octanol–water partition coefficient (Wildman–Crippen LogP) is 6.06. The maximum absolute atomic E-state index is 13.2. The van der Waals surface area contributed by atoms with Gasteiger partial charge in [-0.15, -0.1) is 0 Å². The largest absolute Gasteiger partial charge is 0.493 e. The van der Waals surface area contributed by atoms with Crippen molar-refractivity contribution in [1.29, 1.82) is 0 Å². The lowest BCUT2D eigenvalue weighted by atomic mass is 9.85. The minimum Gasteiger partial charge on any atom is -0.493 e. The standard InChI is InChI=1S/C27H31F3N4O3/c1-2-36-24-14-17(6-8-21(24)27(28,29)30)16-34-12-10-19(11-13-34)32-26-33-22-15-20(7-9-23(22)37-26)31-25(35)18-4-3-5-18/h6-9,14-15,18-19H,2-5,10-13,16H2,1H3,(H,31,35)(H,32,33). The van der Waals surface area contributed by atoms with Crippen LogP contribution in [-0.4, -0.2) is 41.5 Å². The van der Waals surface area contributed by atoms with Crippen molar-refractivity contribution in [2.45, 2.75) is 57.8 Å². The van der Waals surface area contributed by atoms with Crippen LogP contribution >= 0.6 is 0 Å². The molecule has 0 radical (unpaired) electrons. The molecule has 1 saturated heterocycles. The predicted molar refractivity (Wildman–Crippen MR) is 135 cm³/mol. The molecule has 2 aromatic carbocycles. The Hall–Kier alpha value is -3.27. The van der Waals surface area contributed by atoms with Gasteiger partial charge in [0.2, 0.25) is 5.91 Å². The van der Waals surface area contributed by atoms with Gasteiger partial charge in [-0.3, -0.25) is 9.69 Å². The summed E-state index contributed by atoms with van der Waals surface area (Å²) in [6.45, 7) is 3.99. The molecule has 10 heteroatoms. The van der Waals surface area contributed by atoms with Crippen LogP contribution < -0.4 is 15.4 Å². The summed E-state index contributed by atoms with van der Waals surface area (Å²) >= 11 is 0. The van der Waals surface area contributed by atoms with Crippen LogP contribution in [-0.2, 0) is 17.5 Å². The monoisotopic (exact) mass is 516 g/mol. The maximum Gasteiger partial charge on any atom is 0.419 e. The number of hydrogen-bond acceptors (Lipinski definition) is 6. The lowest BCUT2D eigenvalue weighted by molar-refractivity contribution is -0.139. The summed E-state index contributed by atoms with van der Waals surface area (Å²) in [6, 6.07) is 10.2. The average molecular weight is 517 g/mol. The minimum atomic E-state index is -4.44. The number of benzene rings is 2. The second-order valence-corrected chi connectivity index (χ2v) is 9.77. The van der Waals surface area contributed by atoms with Crippen LogP contribution in [0.3, 0.4) is 0 Å². The molecule has 2 aliphatic rings. The number of rotatable bonds is 8. The molecule has 0 bridgehead atoms. The highest BCUT2D eigenvalue weighted by Gasteiger charge is 2.34. The van der Waals surface area contributed by atoms with E-state index in [1.165, 1.54) is 12.1 Å². The first-order valence-corrected chi connectivity index (χ1v) is 12.8. The van der Waals surface area contributed by atoms with Crippen molar-refractivity contribution in [1.82, 2.24) is 9.88 Å². The molecule has 1 aliphatic carbocycles. The van der Waals surface area contributed by atoms with Gasteiger partial charge in [-0.2, -0.15) is 18.2 Å². The SMILES string of the molecule is CCOc1cc(CN2CCC(Nc3nc4cc(NC(=O)C5CCC5)ccc4o3)CC2)ccc1C(F)(F)F. The first kappa shape index (κ1) is 25.4. The van der Waals surface area contributed by atoms with E-state index in [2.05, 4.69) is 20.5 Å². The van der Waals surface area contributed by atoms with Crippen LogP contribution in [0.4, 0.5) is 24.9 Å². The molecule has 0 unspecified atom stereocenters. The lowest BCUT2D eigenvalue weighted by Gasteiger charge is -2.32. The number of alkyl halides is 3. The molecule has 1 saturated carbocycles. The molecule has 37 heavy (non-hydrogen) atoms. The van der Waals surface area contributed by atoms with E-state index in [9.17, 15) is 18.0 Å². The first-order valence-electron chi connectivity index (χ1n) is 12.8. The number of oxazole rings is 1. The molecule has 7 nitrogen and oxygen atoms in total. The van der Waals surface area contributed by atoms with E-state index in [-0.39, 0.29) is 30.2 Å². The molecular formula is C27H31F3N4O3. The van der Waals surface area contributed by atoms with E-state index in [1.54, 1.807) is 6.92 Å². The molecule has 198 valence electrons. The second kappa shape index (κ2) is 10.6. The summed E-state index contributed by atoms with van der Waals surface area (Å²) < 4.78 is 50.8. The van der Waals surface area contributed by atoms with E-state index >= 15 is 0 Å². The zero-order valence-corrected chi connectivity index (χ0v) is 20.7. The van der Waals surface area contributed by atoms with Crippen LogP contribution in [0.15, 0.2) is 40.8 Å². The van der Waals surface area contributed by atoms with Gasteiger partial charge in [0, 0.05) is 37.3 Å². The van der Waals surface area contributed by atoms with Crippen LogP contribution in [0.25, 0.3) is 11.1 Å². The number of carbonyl (C=O) groups excluding carboxylic acids is 1. The number of piperidine rings is 1. The van der Waals surface area contributed by atoms with Crippen LogP contribution in [0.2, 0.25) is 0 Å². The summed E-state index contributed by atoms with van der Waals surface area (Å²) in [5, 5.41) is 6.33. The molecule has 2 fully saturated rings. The zero-order valence-electron chi connectivity index (χ0n) is 20.7. The molecule has 1 aliphatic heterocycles. The molecule has 2 N–H and O–H groups in total. The smallest absolute Gasteiger partial charge is 0.419 e. The number of halogens is 3. The number of likely N-dealkylation sites (tertiary alicyclic amines) is 1. The van der Waals surface area contributed by atoms with Crippen molar-refractivity contribution >= 4 is 28.7 Å². The number of hydrogen-bond donors (Lipinski definition) is 2. The summed E-state index contributed by atoms with van der Waals surface area (Å²) in [4.78, 5) is 19.0. The Morgan fingerprint density at radius 2 is 1.92 bits per heavy atom. The zero-order chi connectivity index (χ0) is 26.0. The molecule has 1 amide bonds. The Labute approximate surface area is 213 Å². The highest BCUT2D eigenvalue weighted by Crippen LogP contribution is 2.37. The molecule has 5 rings (SSSR count). The van der Waals surface area contributed by atoms with Crippen LogP contribution in [0.1, 0.15) is 50.2 Å². The third-order valence-corrected chi connectivity index (χ3v) is 7.10. The summed E-state index contributed by atoms with van der Waals surface area (Å²) in [7, 11) is 0. The molecule has 3 aromatic rings. The number of carbonyl (C=O) groups is 1. The summed E-state index contributed by atoms with van der Waals surface area (Å²) in [5.74, 6) is 0.0532. The van der Waals surface area contributed by atoms with E-state index in [4.69, 9.17) is 9.15 Å². The van der Waals surface area contributed by atoms with Crippen LogP contribution in [0.5, 0.6) is 5.75 Å². The average Bonchev–Trinajstić information content (AvgIpc) is 3.20. The Morgan fingerprint density at radius 1 is 1.14 bits per heavy atom. The third kappa shape index (κ3) is 6.01. The maximum atomic E-state index is 13.2. The van der Waals surface area contributed by atoms with Crippen molar-refractivity contribution in [2.75, 3.05) is 30.3 Å². The molecule has 0 atom stereocenters. The molecule has 1 aromatic heterocycles. The van der Waals surface area contributed by atoms with Gasteiger partial charge in [-0.1, -0.05) is 12.5 Å². The Balaban J connectivity index is 1.15. The van der Waals surface area contributed by atoms with Gasteiger partial charge in [0.15, 0.2) is 5.58 Å². The topological polar surface area (TPSA) is 79.6 Å². The number of aromatic nitrogens is 1. The van der Waals surface area contributed by atoms with E-state index in [1.807, 2.05) is 18.2 Å². The number of anilines is 2. The lowest BCUT2D eigenvalue weighted by Crippen LogP contribution is -2.38. The second-order valence-electron chi connectivity index (χ2n) is 9.77.